The smallest absolute Gasteiger partial charge is 0.0431 e. The lowest BCUT2D eigenvalue weighted by molar-refractivity contribution is 0.734. The average Bonchev–Trinajstić information content (AvgIpc) is 2.68. The minimum absolute atomic E-state index is 0.0648. The first kappa shape index (κ1) is 12.3. The molecule has 1 aromatic heterocycles. The fourth-order valence-electron chi connectivity index (χ4n) is 1.52. The molecule has 0 saturated heterocycles. The van der Waals surface area contributed by atoms with Crippen LogP contribution in [-0.2, 0) is 6.42 Å². The van der Waals surface area contributed by atoms with Crippen molar-refractivity contribution in [1.82, 2.24) is 0 Å². The fraction of sp³-hybridized carbons (Fsp3) is 0.167. The van der Waals surface area contributed by atoms with Gasteiger partial charge in [-0.2, -0.15) is 0 Å². The molecule has 0 fully saturated rings. The van der Waals surface area contributed by atoms with Gasteiger partial charge in [-0.25, -0.2) is 0 Å². The summed E-state index contributed by atoms with van der Waals surface area (Å²) in [6.45, 7) is 0. The summed E-state index contributed by atoms with van der Waals surface area (Å²) in [7, 11) is 0. The molecule has 0 radical (unpaired) electrons. The van der Waals surface area contributed by atoms with Gasteiger partial charge in [-0.05, 0) is 40.0 Å². The number of nitrogens with two attached hydrogens (primary N) is 1. The van der Waals surface area contributed by atoms with Gasteiger partial charge in [0.15, 0.2) is 0 Å². The molecular weight excluding hydrogens is 350 g/mol. The molecule has 0 aliphatic rings. The Morgan fingerprint density at radius 1 is 1.25 bits per heavy atom. The van der Waals surface area contributed by atoms with E-state index in [0.29, 0.717) is 0 Å². The van der Waals surface area contributed by atoms with Crippen LogP contribution in [0.2, 0.25) is 0 Å². The molecule has 1 atom stereocenters. The third-order valence-corrected chi connectivity index (χ3v) is 4.95. The molecule has 16 heavy (non-hydrogen) atoms. The second-order valence-electron chi connectivity index (χ2n) is 3.57. The van der Waals surface area contributed by atoms with Crippen molar-refractivity contribution in [3.63, 3.8) is 0 Å². The largest absolute Gasteiger partial charge is 0.323 e. The van der Waals surface area contributed by atoms with Crippen molar-refractivity contribution in [2.45, 2.75) is 12.5 Å². The monoisotopic (exact) mass is 359 g/mol. The van der Waals surface area contributed by atoms with Crippen LogP contribution < -0.4 is 5.73 Å². The normalized spacial score (nSPS) is 12.7. The van der Waals surface area contributed by atoms with Crippen molar-refractivity contribution in [3.05, 3.63) is 55.1 Å². The van der Waals surface area contributed by atoms with E-state index in [1.165, 1.54) is 10.4 Å². The average molecular weight is 361 g/mol. The Morgan fingerprint density at radius 2 is 2.00 bits per heavy atom. The molecule has 2 aromatic rings. The zero-order valence-corrected chi connectivity index (χ0v) is 12.5. The van der Waals surface area contributed by atoms with Gasteiger partial charge in [0.2, 0.25) is 0 Å². The third kappa shape index (κ3) is 2.94. The molecule has 2 N–H and O–H groups in total. The summed E-state index contributed by atoms with van der Waals surface area (Å²) in [5.41, 5.74) is 7.43. The second-order valence-corrected chi connectivity index (χ2v) is 6.28. The lowest BCUT2D eigenvalue weighted by Gasteiger charge is -2.10. The highest BCUT2D eigenvalue weighted by Gasteiger charge is 2.10. The molecule has 0 amide bonds. The van der Waals surface area contributed by atoms with Crippen LogP contribution in [0.4, 0.5) is 0 Å². The molecule has 1 unspecified atom stereocenters. The van der Waals surface area contributed by atoms with Crippen LogP contribution >= 0.6 is 43.2 Å². The molecule has 0 spiro atoms. The van der Waals surface area contributed by atoms with E-state index in [0.717, 1.165) is 15.4 Å². The maximum absolute atomic E-state index is 6.18. The van der Waals surface area contributed by atoms with Crippen LogP contribution in [0.5, 0.6) is 0 Å². The summed E-state index contributed by atoms with van der Waals surface area (Å²) < 4.78 is 2.23. The Kier molecular flexibility index (Phi) is 4.19. The van der Waals surface area contributed by atoms with Crippen molar-refractivity contribution in [2.24, 2.45) is 5.73 Å². The summed E-state index contributed by atoms with van der Waals surface area (Å²) in [4.78, 5) is 1.21. The van der Waals surface area contributed by atoms with Crippen molar-refractivity contribution < 1.29 is 0 Å². The first-order chi connectivity index (χ1) is 7.66. The van der Waals surface area contributed by atoms with E-state index in [-0.39, 0.29) is 6.04 Å². The van der Waals surface area contributed by atoms with Crippen molar-refractivity contribution in [2.75, 3.05) is 0 Å². The molecule has 0 bridgehead atoms. The number of hydrogen-bond donors (Lipinski definition) is 1. The van der Waals surface area contributed by atoms with Crippen LogP contribution in [0.3, 0.4) is 0 Å². The predicted molar refractivity (Wildman–Crippen MR) is 76.8 cm³/mol. The molecule has 4 heteroatoms. The molecule has 1 nitrogen and oxygen atoms in total. The Balaban J connectivity index is 2.13. The lowest BCUT2D eigenvalue weighted by Crippen LogP contribution is -2.12. The van der Waals surface area contributed by atoms with E-state index >= 15 is 0 Å². The number of rotatable bonds is 3. The minimum atomic E-state index is 0.0648. The molecular formula is C12H11Br2NS. The topological polar surface area (TPSA) is 26.0 Å². The molecule has 2 rings (SSSR count). The van der Waals surface area contributed by atoms with E-state index in [1.807, 2.05) is 18.2 Å². The third-order valence-electron chi connectivity index (χ3n) is 2.35. The van der Waals surface area contributed by atoms with Crippen LogP contribution in [0, 0.1) is 0 Å². The van der Waals surface area contributed by atoms with Gasteiger partial charge in [-0.1, -0.05) is 34.1 Å². The van der Waals surface area contributed by atoms with Gasteiger partial charge in [0.05, 0.1) is 0 Å². The van der Waals surface area contributed by atoms with E-state index < -0.39 is 0 Å². The Bertz CT molecular complexity index is 481. The first-order valence-corrected chi connectivity index (χ1v) is 7.36. The van der Waals surface area contributed by atoms with Crippen LogP contribution in [0.25, 0.3) is 0 Å². The minimum Gasteiger partial charge on any atom is -0.323 e. The lowest BCUT2D eigenvalue weighted by atomic mass is 10.1. The SMILES string of the molecule is NC(Cc1ccccc1Br)c1cc(Br)cs1. The molecule has 1 heterocycles. The van der Waals surface area contributed by atoms with E-state index in [4.69, 9.17) is 5.73 Å². The molecule has 1 aromatic carbocycles. The molecule has 0 saturated carbocycles. The van der Waals surface area contributed by atoms with Gasteiger partial charge < -0.3 is 5.73 Å². The number of halogens is 2. The second kappa shape index (κ2) is 5.45. The highest BCUT2D eigenvalue weighted by Crippen LogP contribution is 2.28. The molecule has 0 aliphatic carbocycles. The number of benzene rings is 1. The summed E-state index contributed by atoms with van der Waals surface area (Å²) in [6, 6.07) is 10.4. The van der Waals surface area contributed by atoms with Gasteiger partial charge in [-0.15, -0.1) is 11.3 Å². The quantitative estimate of drug-likeness (QED) is 0.855. The standard InChI is InChI=1S/C12H11Br2NS/c13-9-6-12(16-7-9)11(15)5-8-3-1-2-4-10(8)14/h1-4,6-7,11H,5,15H2. The van der Waals surface area contributed by atoms with Crippen LogP contribution in [0.15, 0.2) is 44.7 Å². The number of hydrogen-bond acceptors (Lipinski definition) is 2. The van der Waals surface area contributed by atoms with E-state index in [2.05, 4.69) is 49.4 Å². The van der Waals surface area contributed by atoms with Crippen molar-refractivity contribution in [3.8, 4) is 0 Å². The Labute approximate surface area is 116 Å². The van der Waals surface area contributed by atoms with Crippen molar-refractivity contribution in [1.29, 1.82) is 0 Å². The van der Waals surface area contributed by atoms with Crippen LogP contribution in [0.1, 0.15) is 16.5 Å². The first-order valence-electron chi connectivity index (χ1n) is 4.89. The highest BCUT2D eigenvalue weighted by molar-refractivity contribution is 9.10. The summed E-state index contributed by atoms with van der Waals surface area (Å²) >= 11 is 8.68. The Morgan fingerprint density at radius 3 is 2.62 bits per heavy atom. The molecule has 84 valence electrons. The molecule has 0 aliphatic heterocycles. The highest BCUT2D eigenvalue weighted by atomic mass is 79.9. The summed E-state index contributed by atoms with van der Waals surface area (Å²) in [5.74, 6) is 0. The van der Waals surface area contributed by atoms with Crippen molar-refractivity contribution >= 4 is 43.2 Å². The number of thiophene rings is 1. The van der Waals surface area contributed by atoms with Crippen LogP contribution in [-0.4, -0.2) is 0 Å². The fourth-order valence-corrected chi connectivity index (χ4v) is 3.42. The van der Waals surface area contributed by atoms with E-state index in [1.54, 1.807) is 11.3 Å². The Hall–Kier alpha value is -0.160. The maximum atomic E-state index is 6.18. The van der Waals surface area contributed by atoms with Gasteiger partial charge in [-0.3, -0.25) is 0 Å². The zero-order chi connectivity index (χ0) is 11.5. The van der Waals surface area contributed by atoms with Gasteiger partial charge in [0, 0.05) is 25.2 Å². The predicted octanol–water partition coefficient (Wildman–Crippen LogP) is 4.52. The summed E-state index contributed by atoms with van der Waals surface area (Å²) in [5, 5.41) is 2.06. The van der Waals surface area contributed by atoms with E-state index in [9.17, 15) is 0 Å². The van der Waals surface area contributed by atoms with Gasteiger partial charge >= 0.3 is 0 Å². The summed E-state index contributed by atoms with van der Waals surface area (Å²) in [6.07, 6.45) is 0.856. The maximum Gasteiger partial charge on any atom is 0.0431 e. The van der Waals surface area contributed by atoms with Gasteiger partial charge in [0.1, 0.15) is 0 Å². The van der Waals surface area contributed by atoms with Gasteiger partial charge in [0.25, 0.3) is 0 Å². The zero-order valence-electron chi connectivity index (χ0n) is 8.49.